The van der Waals surface area contributed by atoms with Gasteiger partial charge in [0.1, 0.15) is 11.9 Å². The SMILES string of the molecule is CCC(=O)C12CC1C(n1cnc3c(NCc4cccc(I)c4)nc(Cl)nc31)C(O)C2O. The monoisotopic (exact) mass is 553 g/mol. The summed E-state index contributed by atoms with van der Waals surface area (Å²) in [7, 11) is 0. The number of fused-ring (bicyclic) bond motifs is 2. The number of hydrogen-bond acceptors (Lipinski definition) is 7. The zero-order chi connectivity index (χ0) is 21.9. The number of Topliss-reactive ketones (excluding diaryl/α,β-unsaturated/α-hetero) is 1. The number of nitrogens with zero attached hydrogens (tertiary/aromatic N) is 4. The maximum Gasteiger partial charge on any atom is 0.226 e. The molecule has 0 amide bonds. The number of aromatic nitrogens is 4. The molecule has 2 saturated carbocycles. The number of hydrogen-bond donors (Lipinski definition) is 3. The Balaban J connectivity index is 1.49. The Kier molecular flexibility index (Phi) is 5.19. The molecule has 2 heterocycles. The maximum absolute atomic E-state index is 12.5. The summed E-state index contributed by atoms with van der Waals surface area (Å²) in [6, 6.07) is 7.60. The summed E-state index contributed by atoms with van der Waals surface area (Å²) in [5.41, 5.74) is 1.21. The van der Waals surface area contributed by atoms with Gasteiger partial charge in [-0.05, 0) is 64.2 Å². The standard InChI is InChI=1S/C21H21ClIN5O3/c1-2-13(29)21-7-12(21)15(16(30)17(21)31)28-9-25-14-18(26-20(22)27-19(14)28)24-8-10-4-3-5-11(23)6-10/h3-6,9,12,15-17,30-31H,2,7-8H2,1H3,(H,24,26,27). The van der Waals surface area contributed by atoms with Gasteiger partial charge in [0.05, 0.1) is 23.9 Å². The summed E-state index contributed by atoms with van der Waals surface area (Å²) in [5.74, 6) is 0.328. The smallest absolute Gasteiger partial charge is 0.226 e. The van der Waals surface area contributed by atoms with Gasteiger partial charge in [-0.25, -0.2) is 4.98 Å². The van der Waals surface area contributed by atoms with Gasteiger partial charge in [-0.1, -0.05) is 19.1 Å². The van der Waals surface area contributed by atoms with Crippen LogP contribution < -0.4 is 5.32 Å². The maximum atomic E-state index is 12.5. The number of anilines is 1. The van der Waals surface area contributed by atoms with Gasteiger partial charge in [-0.3, -0.25) is 4.79 Å². The number of imidazole rings is 1. The first-order valence-electron chi connectivity index (χ1n) is 10.1. The number of halogens is 2. The van der Waals surface area contributed by atoms with Crippen LogP contribution in [-0.2, 0) is 11.3 Å². The van der Waals surface area contributed by atoms with Crippen LogP contribution in [0.3, 0.4) is 0 Å². The molecule has 8 nitrogen and oxygen atoms in total. The minimum atomic E-state index is -1.09. The van der Waals surface area contributed by atoms with E-state index in [2.05, 4.69) is 48.9 Å². The summed E-state index contributed by atoms with van der Waals surface area (Å²) in [4.78, 5) is 25.6. The molecule has 2 aromatic heterocycles. The molecule has 31 heavy (non-hydrogen) atoms. The molecular weight excluding hydrogens is 533 g/mol. The van der Waals surface area contributed by atoms with Crippen LogP contribution in [0.25, 0.3) is 11.2 Å². The first-order chi connectivity index (χ1) is 14.9. The van der Waals surface area contributed by atoms with E-state index in [0.29, 0.717) is 36.4 Å². The Labute approximate surface area is 197 Å². The second-order valence-electron chi connectivity index (χ2n) is 8.20. The highest BCUT2D eigenvalue weighted by Gasteiger charge is 2.74. The quantitative estimate of drug-likeness (QED) is 0.318. The highest BCUT2D eigenvalue weighted by molar-refractivity contribution is 14.1. The van der Waals surface area contributed by atoms with Crippen molar-refractivity contribution >= 4 is 57.0 Å². The van der Waals surface area contributed by atoms with Crippen LogP contribution in [0.2, 0.25) is 5.28 Å². The number of carbonyl (C=O) groups is 1. The van der Waals surface area contributed by atoms with E-state index in [-0.39, 0.29) is 17.0 Å². The molecule has 10 heteroatoms. The predicted molar refractivity (Wildman–Crippen MR) is 124 cm³/mol. The third kappa shape index (κ3) is 3.24. The van der Waals surface area contributed by atoms with Gasteiger partial charge in [-0.2, -0.15) is 9.97 Å². The molecule has 5 atom stereocenters. The normalized spacial score (nSPS) is 29.2. The fourth-order valence-corrected chi connectivity index (χ4v) is 5.81. The molecule has 0 bridgehead atoms. The molecule has 3 N–H and O–H groups in total. The third-order valence-electron chi connectivity index (χ3n) is 6.58. The largest absolute Gasteiger partial charge is 0.389 e. The lowest BCUT2D eigenvalue weighted by molar-refractivity contribution is -0.130. The van der Waals surface area contributed by atoms with Crippen LogP contribution in [-0.4, -0.2) is 47.7 Å². The molecule has 2 aliphatic carbocycles. The van der Waals surface area contributed by atoms with Gasteiger partial charge < -0.3 is 20.1 Å². The first kappa shape index (κ1) is 21.0. The van der Waals surface area contributed by atoms with Crippen LogP contribution in [0.15, 0.2) is 30.6 Å². The van der Waals surface area contributed by atoms with Crippen molar-refractivity contribution in [2.75, 3.05) is 5.32 Å². The van der Waals surface area contributed by atoms with Crippen molar-refractivity contribution in [2.24, 2.45) is 11.3 Å². The van der Waals surface area contributed by atoms with Gasteiger partial charge >= 0.3 is 0 Å². The van der Waals surface area contributed by atoms with Gasteiger partial charge in [0.25, 0.3) is 0 Å². The van der Waals surface area contributed by atoms with E-state index in [9.17, 15) is 15.0 Å². The Morgan fingerprint density at radius 1 is 1.39 bits per heavy atom. The summed E-state index contributed by atoms with van der Waals surface area (Å²) in [6.45, 7) is 2.32. The lowest BCUT2D eigenvalue weighted by Gasteiger charge is -2.23. The molecule has 0 aliphatic heterocycles. The number of rotatable bonds is 6. The van der Waals surface area contributed by atoms with E-state index < -0.39 is 23.7 Å². The van der Waals surface area contributed by atoms with Crippen LogP contribution in [0.1, 0.15) is 31.4 Å². The minimum Gasteiger partial charge on any atom is -0.389 e. The molecular formula is C21H21ClIN5O3. The van der Waals surface area contributed by atoms with Crippen molar-refractivity contribution in [1.82, 2.24) is 19.5 Å². The van der Waals surface area contributed by atoms with E-state index in [1.807, 2.05) is 18.2 Å². The molecule has 0 radical (unpaired) electrons. The van der Waals surface area contributed by atoms with Crippen LogP contribution in [0.4, 0.5) is 5.82 Å². The van der Waals surface area contributed by atoms with Crippen molar-refractivity contribution in [1.29, 1.82) is 0 Å². The van der Waals surface area contributed by atoms with Gasteiger partial charge in [0, 0.05) is 16.5 Å². The van der Waals surface area contributed by atoms with E-state index in [1.165, 1.54) is 0 Å². The number of carbonyl (C=O) groups excluding carboxylic acids is 1. The zero-order valence-electron chi connectivity index (χ0n) is 16.7. The van der Waals surface area contributed by atoms with E-state index in [1.54, 1.807) is 17.8 Å². The fourth-order valence-electron chi connectivity index (χ4n) is 5.04. The summed E-state index contributed by atoms with van der Waals surface area (Å²) >= 11 is 8.47. The predicted octanol–water partition coefficient (Wildman–Crippen LogP) is 2.96. The fraction of sp³-hybridized carbons (Fsp3) is 0.429. The van der Waals surface area contributed by atoms with Gasteiger partial charge in [0.2, 0.25) is 5.28 Å². The summed E-state index contributed by atoms with van der Waals surface area (Å²) < 4.78 is 2.87. The Morgan fingerprint density at radius 2 is 2.19 bits per heavy atom. The van der Waals surface area contributed by atoms with E-state index in [0.717, 1.165) is 9.13 Å². The Bertz CT molecular complexity index is 1190. The molecule has 2 fully saturated rings. The third-order valence-corrected chi connectivity index (χ3v) is 7.42. The molecule has 2 aliphatic rings. The number of benzene rings is 1. The highest BCUT2D eigenvalue weighted by Crippen LogP contribution is 2.68. The number of aliphatic hydroxyl groups is 2. The highest BCUT2D eigenvalue weighted by atomic mass is 127. The van der Waals surface area contributed by atoms with Crippen molar-refractivity contribution in [3.8, 4) is 0 Å². The Morgan fingerprint density at radius 3 is 2.94 bits per heavy atom. The first-order valence-corrected chi connectivity index (χ1v) is 11.6. The summed E-state index contributed by atoms with van der Waals surface area (Å²) in [6.07, 6.45) is 0.292. The van der Waals surface area contributed by atoms with Crippen LogP contribution >= 0.6 is 34.2 Å². The molecule has 1 aromatic carbocycles. The number of ketones is 1. The average Bonchev–Trinajstić information content (AvgIpc) is 3.29. The second-order valence-corrected chi connectivity index (χ2v) is 9.79. The summed E-state index contributed by atoms with van der Waals surface area (Å²) in [5, 5.41) is 24.8. The molecule has 5 unspecified atom stereocenters. The lowest BCUT2D eigenvalue weighted by Crippen LogP contribution is -2.37. The van der Waals surface area contributed by atoms with Crippen LogP contribution in [0.5, 0.6) is 0 Å². The van der Waals surface area contributed by atoms with Crippen LogP contribution in [0, 0.1) is 14.9 Å². The van der Waals surface area contributed by atoms with Crippen molar-refractivity contribution < 1.29 is 15.0 Å². The van der Waals surface area contributed by atoms with Crippen molar-refractivity contribution in [3.63, 3.8) is 0 Å². The van der Waals surface area contributed by atoms with Crippen molar-refractivity contribution in [2.45, 2.75) is 44.6 Å². The minimum absolute atomic E-state index is 0.0107. The lowest BCUT2D eigenvalue weighted by atomic mass is 9.92. The van der Waals surface area contributed by atoms with Crippen molar-refractivity contribution in [3.05, 3.63) is 45.0 Å². The molecule has 3 aromatic rings. The van der Waals surface area contributed by atoms with E-state index in [4.69, 9.17) is 11.6 Å². The molecule has 5 rings (SSSR count). The van der Waals surface area contributed by atoms with Gasteiger partial charge in [-0.15, -0.1) is 0 Å². The average molecular weight is 554 g/mol. The topological polar surface area (TPSA) is 113 Å². The second kappa shape index (κ2) is 7.65. The number of aliphatic hydroxyl groups excluding tert-OH is 2. The number of nitrogens with one attached hydrogen (secondary N) is 1. The van der Waals surface area contributed by atoms with Gasteiger partial charge in [0.15, 0.2) is 17.0 Å². The zero-order valence-corrected chi connectivity index (χ0v) is 19.6. The van der Waals surface area contributed by atoms with E-state index >= 15 is 0 Å². The molecule has 162 valence electrons. The molecule has 0 saturated heterocycles. The Hall–Kier alpha value is -1.82. The molecule has 0 spiro atoms.